The quantitative estimate of drug-likeness (QED) is 0.678. The molecule has 7 nitrogen and oxygen atoms in total. The Kier molecular flexibility index (Phi) is 5.03. The fourth-order valence-corrected chi connectivity index (χ4v) is 3.96. The van der Waals surface area contributed by atoms with Crippen LogP contribution in [0.15, 0.2) is 35.5 Å². The summed E-state index contributed by atoms with van der Waals surface area (Å²) in [5.41, 5.74) is 4.32. The lowest BCUT2D eigenvalue weighted by molar-refractivity contribution is 0.0534. The third-order valence-electron chi connectivity index (χ3n) is 4.57. The number of benzene rings is 1. The van der Waals surface area contributed by atoms with Crippen LogP contribution in [0, 0.1) is 13.8 Å². The monoisotopic (exact) mass is 384 g/mol. The van der Waals surface area contributed by atoms with Crippen LogP contribution in [0.3, 0.4) is 0 Å². The second kappa shape index (κ2) is 7.46. The van der Waals surface area contributed by atoms with Crippen molar-refractivity contribution in [3.63, 3.8) is 0 Å². The SMILES string of the molecule is Cc1cc(C)n2nc(SC[C@H]3CN[C@@H](c4ccc(N(C)C)cc4)O3)nc2n1. The number of thioether (sulfide) groups is 1. The number of fused-ring (bicyclic) bond motifs is 1. The summed E-state index contributed by atoms with van der Waals surface area (Å²) in [6.45, 7) is 4.80. The first kappa shape index (κ1) is 18.2. The molecule has 8 heteroatoms. The molecule has 1 aliphatic heterocycles. The summed E-state index contributed by atoms with van der Waals surface area (Å²) in [5.74, 6) is 1.45. The molecular formula is C19H24N6OS. The predicted octanol–water partition coefficient (Wildman–Crippen LogP) is 2.59. The van der Waals surface area contributed by atoms with E-state index in [9.17, 15) is 0 Å². The van der Waals surface area contributed by atoms with Crippen molar-refractivity contribution < 1.29 is 4.74 Å². The number of nitrogens with one attached hydrogen (secondary N) is 1. The van der Waals surface area contributed by atoms with Crippen LogP contribution in [0.2, 0.25) is 0 Å². The van der Waals surface area contributed by atoms with Crippen LogP contribution in [0.4, 0.5) is 5.69 Å². The summed E-state index contributed by atoms with van der Waals surface area (Å²) in [6, 6.07) is 10.5. The topological polar surface area (TPSA) is 67.6 Å². The molecule has 0 bridgehead atoms. The van der Waals surface area contributed by atoms with Gasteiger partial charge in [-0.05, 0) is 37.6 Å². The van der Waals surface area contributed by atoms with E-state index in [2.05, 4.69) is 49.5 Å². The van der Waals surface area contributed by atoms with Crippen molar-refractivity contribution in [3.8, 4) is 0 Å². The van der Waals surface area contributed by atoms with Crippen molar-refractivity contribution in [1.29, 1.82) is 0 Å². The van der Waals surface area contributed by atoms with Gasteiger partial charge in [0, 0.05) is 43.5 Å². The van der Waals surface area contributed by atoms with Gasteiger partial charge in [-0.1, -0.05) is 23.9 Å². The van der Waals surface area contributed by atoms with Crippen LogP contribution in [0.5, 0.6) is 0 Å². The van der Waals surface area contributed by atoms with E-state index in [0.29, 0.717) is 5.78 Å². The van der Waals surface area contributed by atoms with E-state index in [0.717, 1.165) is 34.4 Å². The minimum Gasteiger partial charge on any atom is -0.378 e. The molecule has 1 aliphatic rings. The van der Waals surface area contributed by atoms with Gasteiger partial charge in [-0.2, -0.15) is 4.98 Å². The van der Waals surface area contributed by atoms with Gasteiger partial charge >= 0.3 is 0 Å². The zero-order valence-corrected chi connectivity index (χ0v) is 16.8. The molecule has 3 heterocycles. The zero-order chi connectivity index (χ0) is 19.0. The number of ether oxygens (including phenoxy) is 1. The maximum atomic E-state index is 6.16. The Morgan fingerprint density at radius 3 is 2.74 bits per heavy atom. The van der Waals surface area contributed by atoms with Gasteiger partial charge in [-0.3, -0.25) is 5.32 Å². The molecule has 142 valence electrons. The number of aryl methyl sites for hydroxylation is 2. The van der Waals surface area contributed by atoms with Gasteiger partial charge in [0.05, 0.1) is 6.10 Å². The standard InChI is InChI=1S/C19H24N6OS/c1-12-9-13(2)25-18(21-12)22-19(23-25)27-11-16-10-20-17(26-16)14-5-7-15(8-6-14)24(3)4/h5-9,16-17,20H,10-11H2,1-4H3/t16-,17-/m1/s1. The van der Waals surface area contributed by atoms with E-state index in [-0.39, 0.29) is 12.3 Å². The van der Waals surface area contributed by atoms with Crippen molar-refractivity contribution in [2.75, 3.05) is 31.3 Å². The summed E-state index contributed by atoms with van der Waals surface area (Å²) < 4.78 is 7.95. The molecule has 1 saturated heterocycles. The van der Waals surface area contributed by atoms with Crippen LogP contribution in [0.1, 0.15) is 23.2 Å². The molecule has 0 aliphatic carbocycles. The van der Waals surface area contributed by atoms with E-state index in [1.54, 1.807) is 16.3 Å². The third-order valence-corrected chi connectivity index (χ3v) is 5.54. The highest BCUT2D eigenvalue weighted by atomic mass is 32.2. The van der Waals surface area contributed by atoms with Crippen molar-refractivity contribution in [3.05, 3.63) is 47.3 Å². The van der Waals surface area contributed by atoms with Gasteiger partial charge in [0.2, 0.25) is 5.16 Å². The van der Waals surface area contributed by atoms with Crippen LogP contribution >= 0.6 is 11.8 Å². The van der Waals surface area contributed by atoms with E-state index >= 15 is 0 Å². The van der Waals surface area contributed by atoms with Crippen LogP contribution in [-0.4, -0.2) is 52.1 Å². The number of rotatable bonds is 5. The molecule has 2 atom stereocenters. The Balaban J connectivity index is 1.37. The maximum absolute atomic E-state index is 6.16. The van der Waals surface area contributed by atoms with Crippen molar-refractivity contribution in [2.45, 2.75) is 31.3 Å². The number of hydrogen-bond donors (Lipinski definition) is 1. The van der Waals surface area contributed by atoms with Crippen LogP contribution in [0.25, 0.3) is 5.78 Å². The lowest BCUT2D eigenvalue weighted by Gasteiger charge is -2.16. The van der Waals surface area contributed by atoms with E-state index in [1.165, 1.54) is 5.69 Å². The number of anilines is 1. The largest absolute Gasteiger partial charge is 0.378 e. The number of hydrogen-bond acceptors (Lipinski definition) is 7. The molecule has 3 aromatic rings. The molecule has 27 heavy (non-hydrogen) atoms. The fourth-order valence-electron chi connectivity index (χ4n) is 3.15. The van der Waals surface area contributed by atoms with Gasteiger partial charge in [0.15, 0.2) is 0 Å². The fraction of sp³-hybridized carbons (Fsp3) is 0.421. The van der Waals surface area contributed by atoms with Gasteiger partial charge < -0.3 is 9.64 Å². The zero-order valence-electron chi connectivity index (χ0n) is 16.0. The predicted molar refractivity (Wildman–Crippen MR) is 107 cm³/mol. The van der Waals surface area contributed by atoms with Gasteiger partial charge in [0.25, 0.3) is 5.78 Å². The van der Waals surface area contributed by atoms with Gasteiger partial charge in [-0.25, -0.2) is 9.50 Å². The Hall–Kier alpha value is -2.16. The van der Waals surface area contributed by atoms with Gasteiger partial charge in [-0.15, -0.1) is 5.10 Å². The molecular weight excluding hydrogens is 360 g/mol. The summed E-state index contributed by atoms with van der Waals surface area (Å²) in [4.78, 5) is 11.0. The maximum Gasteiger partial charge on any atom is 0.253 e. The van der Waals surface area contributed by atoms with Crippen LogP contribution < -0.4 is 10.2 Å². The summed E-state index contributed by atoms with van der Waals surface area (Å²) in [6.07, 6.45) is 0.0586. The minimum absolute atomic E-state index is 0.0626. The normalized spacial score (nSPS) is 19.7. The van der Waals surface area contributed by atoms with E-state index in [4.69, 9.17) is 4.74 Å². The third kappa shape index (κ3) is 3.92. The Labute approximate surface area is 163 Å². The number of nitrogens with zero attached hydrogens (tertiary/aromatic N) is 5. The van der Waals surface area contributed by atoms with Crippen molar-refractivity contribution >= 4 is 23.2 Å². The smallest absolute Gasteiger partial charge is 0.253 e. The average Bonchev–Trinajstić information content (AvgIpc) is 3.27. The highest BCUT2D eigenvalue weighted by molar-refractivity contribution is 7.99. The lowest BCUT2D eigenvalue weighted by Crippen LogP contribution is -2.17. The molecule has 0 saturated carbocycles. The molecule has 0 radical (unpaired) electrons. The molecule has 1 N–H and O–H groups in total. The molecule has 0 spiro atoms. The molecule has 1 aromatic carbocycles. The molecule has 4 rings (SSSR count). The Morgan fingerprint density at radius 2 is 2.00 bits per heavy atom. The Bertz CT molecular complexity index is 939. The summed E-state index contributed by atoms with van der Waals surface area (Å²) in [5, 5.41) is 8.72. The van der Waals surface area contributed by atoms with E-state index < -0.39 is 0 Å². The first-order valence-electron chi connectivity index (χ1n) is 8.99. The summed E-state index contributed by atoms with van der Waals surface area (Å²) in [7, 11) is 4.08. The number of aromatic nitrogens is 4. The lowest BCUT2D eigenvalue weighted by atomic mass is 10.2. The van der Waals surface area contributed by atoms with E-state index in [1.807, 2.05) is 34.0 Å². The van der Waals surface area contributed by atoms with Crippen LogP contribution in [-0.2, 0) is 4.74 Å². The first-order chi connectivity index (χ1) is 13.0. The second-order valence-corrected chi connectivity index (χ2v) is 7.98. The molecule has 1 fully saturated rings. The summed E-state index contributed by atoms with van der Waals surface area (Å²) >= 11 is 1.61. The van der Waals surface area contributed by atoms with Crippen molar-refractivity contribution in [1.82, 2.24) is 24.9 Å². The minimum atomic E-state index is -0.0626. The molecule has 0 amide bonds. The highest BCUT2D eigenvalue weighted by Crippen LogP contribution is 2.26. The van der Waals surface area contributed by atoms with Gasteiger partial charge in [0.1, 0.15) is 6.23 Å². The average molecular weight is 385 g/mol. The first-order valence-corrected chi connectivity index (χ1v) is 9.98. The highest BCUT2D eigenvalue weighted by Gasteiger charge is 2.26. The second-order valence-electron chi connectivity index (χ2n) is 6.99. The van der Waals surface area contributed by atoms with Crippen molar-refractivity contribution in [2.24, 2.45) is 0 Å². The molecule has 0 unspecified atom stereocenters. The molecule has 2 aromatic heterocycles. The Morgan fingerprint density at radius 1 is 1.22 bits per heavy atom.